The lowest BCUT2D eigenvalue weighted by atomic mass is 10.0. The lowest BCUT2D eigenvalue weighted by Gasteiger charge is -2.11. The summed E-state index contributed by atoms with van der Waals surface area (Å²) in [5, 5.41) is 7.51. The molecule has 0 aliphatic carbocycles. The van der Waals surface area contributed by atoms with Crippen molar-refractivity contribution < 1.29 is 4.39 Å². The van der Waals surface area contributed by atoms with E-state index >= 15 is 0 Å². The van der Waals surface area contributed by atoms with Crippen LogP contribution in [0.2, 0.25) is 0 Å². The largest absolute Gasteiger partial charge is 0.313 e. The molecule has 0 radical (unpaired) electrons. The Bertz CT molecular complexity index is 520. The maximum absolute atomic E-state index is 13.4. The van der Waals surface area contributed by atoms with Gasteiger partial charge in [-0.3, -0.25) is 4.68 Å². The third-order valence-corrected chi connectivity index (χ3v) is 2.93. The van der Waals surface area contributed by atoms with Crippen LogP contribution in [0.25, 0.3) is 11.3 Å². The summed E-state index contributed by atoms with van der Waals surface area (Å²) in [5.74, 6) is -0.214. The summed E-state index contributed by atoms with van der Waals surface area (Å²) in [4.78, 5) is 0. The molecule has 0 aliphatic rings. The standard InChI is InChI=1S/C14H18FN3/c1-3-16-10-11-5-6-12(15)9-13(11)14-7-8-17-18(14)4-2/h5-9,16H,3-4,10H2,1-2H3. The van der Waals surface area contributed by atoms with E-state index in [0.717, 1.165) is 36.5 Å². The number of hydrogen-bond acceptors (Lipinski definition) is 2. The van der Waals surface area contributed by atoms with Crippen molar-refractivity contribution in [3.63, 3.8) is 0 Å². The summed E-state index contributed by atoms with van der Waals surface area (Å²) in [6, 6.07) is 6.84. The molecule has 3 nitrogen and oxygen atoms in total. The minimum Gasteiger partial charge on any atom is -0.313 e. The van der Waals surface area contributed by atoms with Crippen LogP contribution in [-0.2, 0) is 13.1 Å². The van der Waals surface area contributed by atoms with Gasteiger partial charge in [-0.25, -0.2) is 4.39 Å². The van der Waals surface area contributed by atoms with E-state index in [0.29, 0.717) is 0 Å². The van der Waals surface area contributed by atoms with Crippen molar-refractivity contribution >= 4 is 0 Å². The van der Waals surface area contributed by atoms with Crippen LogP contribution in [0, 0.1) is 5.82 Å². The summed E-state index contributed by atoms with van der Waals surface area (Å²) < 4.78 is 15.3. The van der Waals surface area contributed by atoms with E-state index in [-0.39, 0.29) is 5.82 Å². The number of aryl methyl sites for hydroxylation is 1. The Kier molecular flexibility index (Phi) is 4.10. The van der Waals surface area contributed by atoms with Gasteiger partial charge in [-0.05, 0) is 37.2 Å². The average Bonchev–Trinajstić information content (AvgIpc) is 2.85. The third-order valence-electron chi connectivity index (χ3n) is 2.93. The summed E-state index contributed by atoms with van der Waals surface area (Å²) >= 11 is 0. The van der Waals surface area contributed by atoms with Gasteiger partial charge in [0.25, 0.3) is 0 Å². The second kappa shape index (κ2) is 5.78. The zero-order chi connectivity index (χ0) is 13.0. The highest BCUT2D eigenvalue weighted by atomic mass is 19.1. The molecule has 1 aromatic heterocycles. The van der Waals surface area contributed by atoms with Gasteiger partial charge in [0.05, 0.1) is 5.69 Å². The van der Waals surface area contributed by atoms with Gasteiger partial charge in [-0.1, -0.05) is 13.0 Å². The number of nitrogens with one attached hydrogen (secondary N) is 1. The normalized spacial score (nSPS) is 10.8. The van der Waals surface area contributed by atoms with Crippen molar-refractivity contribution in [2.75, 3.05) is 6.54 Å². The molecular weight excluding hydrogens is 229 g/mol. The van der Waals surface area contributed by atoms with Gasteiger partial charge < -0.3 is 5.32 Å². The first-order valence-electron chi connectivity index (χ1n) is 6.27. The van der Waals surface area contributed by atoms with Crippen LogP contribution in [0.3, 0.4) is 0 Å². The highest BCUT2D eigenvalue weighted by Gasteiger charge is 2.10. The number of rotatable bonds is 5. The second-order valence-electron chi connectivity index (χ2n) is 4.11. The fourth-order valence-electron chi connectivity index (χ4n) is 2.01. The van der Waals surface area contributed by atoms with Crippen molar-refractivity contribution in [1.29, 1.82) is 0 Å². The molecular formula is C14H18FN3. The zero-order valence-corrected chi connectivity index (χ0v) is 10.8. The number of halogens is 1. The van der Waals surface area contributed by atoms with Crippen LogP contribution in [0.5, 0.6) is 0 Å². The molecule has 0 fully saturated rings. The van der Waals surface area contributed by atoms with Crippen LogP contribution < -0.4 is 5.32 Å². The maximum atomic E-state index is 13.4. The van der Waals surface area contributed by atoms with Crippen molar-refractivity contribution in [3.8, 4) is 11.3 Å². The Labute approximate surface area is 107 Å². The zero-order valence-electron chi connectivity index (χ0n) is 10.8. The SMILES string of the molecule is CCNCc1ccc(F)cc1-c1ccnn1CC. The maximum Gasteiger partial charge on any atom is 0.123 e. The van der Waals surface area contributed by atoms with E-state index < -0.39 is 0 Å². The Morgan fingerprint density at radius 1 is 1.28 bits per heavy atom. The van der Waals surface area contributed by atoms with E-state index in [2.05, 4.69) is 17.3 Å². The lowest BCUT2D eigenvalue weighted by Crippen LogP contribution is -2.13. The Morgan fingerprint density at radius 3 is 2.83 bits per heavy atom. The van der Waals surface area contributed by atoms with E-state index in [1.807, 2.05) is 23.7 Å². The number of benzene rings is 1. The molecule has 0 spiro atoms. The number of nitrogens with zero attached hydrogens (tertiary/aromatic N) is 2. The lowest BCUT2D eigenvalue weighted by molar-refractivity contribution is 0.624. The molecule has 4 heteroatoms. The van der Waals surface area contributed by atoms with E-state index in [1.54, 1.807) is 12.3 Å². The Balaban J connectivity index is 2.44. The minimum absolute atomic E-state index is 0.214. The molecule has 2 rings (SSSR count). The van der Waals surface area contributed by atoms with Crippen LogP contribution in [0.4, 0.5) is 4.39 Å². The quantitative estimate of drug-likeness (QED) is 0.880. The van der Waals surface area contributed by atoms with Crippen LogP contribution >= 0.6 is 0 Å². The smallest absolute Gasteiger partial charge is 0.123 e. The molecule has 0 atom stereocenters. The van der Waals surface area contributed by atoms with Gasteiger partial charge in [0.15, 0.2) is 0 Å². The van der Waals surface area contributed by atoms with E-state index in [9.17, 15) is 4.39 Å². The molecule has 0 saturated heterocycles. The summed E-state index contributed by atoms with van der Waals surface area (Å²) in [6.45, 7) is 6.49. The van der Waals surface area contributed by atoms with Gasteiger partial charge in [0.1, 0.15) is 5.82 Å². The fraction of sp³-hybridized carbons (Fsp3) is 0.357. The monoisotopic (exact) mass is 247 g/mol. The molecule has 1 aromatic carbocycles. The second-order valence-corrected chi connectivity index (χ2v) is 4.11. The molecule has 0 bridgehead atoms. The molecule has 96 valence electrons. The molecule has 18 heavy (non-hydrogen) atoms. The fourth-order valence-corrected chi connectivity index (χ4v) is 2.01. The Hall–Kier alpha value is -1.68. The summed E-state index contributed by atoms with van der Waals surface area (Å²) in [7, 11) is 0. The predicted molar refractivity (Wildman–Crippen MR) is 70.7 cm³/mol. The molecule has 0 saturated carbocycles. The molecule has 0 amide bonds. The Morgan fingerprint density at radius 2 is 2.11 bits per heavy atom. The topological polar surface area (TPSA) is 29.9 Å². The van der Waals surface area contributed by atoms with Gasteiger partial charge >= 0.3 is 0 Å². The van der Waals surface area contributed by atoms with Crippen LogP contribution in [0.1, 0.15) is 19.4 Å². The first-order chi connectivity index (χ1) is 8.76. The molecule has 1 N–H and O–H groups in total. The third kappa shape index (κ3) is 2.59. The average molecular weight is 247 g/mol. The van der Waals surface area contributed by atoms with Crippen molar-refractivity contribution in [2.45, 2.75) is 26.9 Å². The summed E-state index contributed by atoms with van der Waals surface area (Å²) in [5.41, 5.74) is 2.97. The molecule has 0 unspecified atom stereocenters. The first kappa shape index (κ1) is 12.8. The van der Waals surface area contributed by atoms with E-state index in [1.165, 1.54) is 6.07 Å². The van der Waals surface area contributed by atoms with Gasteiger partial charge in [-0.2, -0.15) is 5.10 Å². The summed E-state index contributed by atoms with van der Waals surface area (Å²) in [6.07, 6.45) is 1.75. The van der Waals surface area contributed by atoms with Crippen molar-refractivity contribution in [3.05, 3.63) is 41.8 Å². The van der Waals surface area contributed by atoms with Crippen LogP contribution in [-0.4, -0.2) is 16.3 Å². The number of hydrogen-bond donors (Lipinski definition) is 1. The van der Waals surface area contributed by atoms with Crippen molar-refractivity contribution in [1.82, 2.24) is 15.1 Å². The van der Waals surface area contributed by atoms with E-state index in [4.69, 9.17) is 0 Å². The first-order valence-corrected chi connectivity index (χ1v) is 6.27. The molecule has 2 aromatic rings. The van der Waals surface area contributed by atoms with Gasteiger partial charge in [0.2, 0.25) is 0 Å². The van der Waals surface area contributed by atoms with Gasteiger partial charge in [-0.15, -0.1) is 0 Å². The highest BCUT2D eigenvalue weighted by Crippen LogP contribution is 2.24. The molecule has 1 heterocycles. The van der Waals surface area contributed by atoms with Crippen LogP contribution in [0.15, 0.2) is 30.5 Å². The predicted octanol–water partition coefficient (Wildman–Crippen LogP) is 2.82. The highest BCUT2D eigenvalue weighted by molar-refractivity contribution is 5.64. The molecule has 0 aliphatic heterocycles. The van der Waals surface area contributed by atoms with Gasteiger partial charge in [0, 0.05) is 24.8 Å². The minimum atomic E-state index is -0.214. The number of aromatic nitrogens is 2. The van der Waals surface area contributed by atoms with Crippen molar-refractivity contribution in [2.24, 2.45) is 0 Å².